The summed E-state index contributed by atoms with van der Waals surface area (Å²) in [6.07, 6.45) is 11.2. The van der Waals surface area contributed by atoms with Crippen molar-refractivity contribution in [2.45, 2.75) is 234 Å². The molecule has 32 heteroatoms. The average molecular weight is 1540 g/mol. The van der Waals surface area contributed by atoms with Crippen molar-refractivity contribution < 1.29 is 56.3 Å². The lowest BCUT2D eigenvalue weighted by atomic mass is 9.49. The van der Waals surface area contributed by atoms with Crippen molar-refractivity contribution in [1.82, 2.24) is 69.6 Å². The van der Waals surface area contributed by atoms with Gasteiger partial charge >= 0.3 is 26.2 Å². The molecule has 0 radical (unpaired) electrons. The maximum atomic E-state index is 13.3. The Balaban J connectivity index is 0.000000178. The molecule has 106 heavy (non-hydrogen) atoms. The molecule has 2 N–H and O–H groups in total. The summed E-state index contributed by atoms with van der Waals surface area (Å²) in [5, 5.41) is 22.6. The van der Waals surface area contributed by atoms with Crippen molar-refractivity contribution >= 4 is 88.6 Å². The Hall–Kier alpha value is -8.48. The van der Waals surface area contributed by atoms with Crippen LogP contribution in [0.2, 0.25) is 5.15 Å². The number of benzene rings is 2. The third-order valence-corrected chi connectivity index (χ3v) is 19.1. The third kappa shape index (κ3) is 21.4. The zero-order chi connectivity index (χ0) is 77.9. The standard InChI is InChI=1S/C31H38N8O4.C23H30BrN3O4.C12H24B2O4.C8H8ClN5/c1-30(2,3)27-36-26(37-43-27)25(40)15-19-11-13-39(29(41)42-31(4,5)6)17-21-14-20(8-9-23(19)21)24-10-12-32-28(35-24)34-22-16-33-38(7)18-22;1-22(2,3)20-25-19(26-31-20)18(28)12-14-9-10-27(21(29)30-23(4,5)6)13-15-11-16(24)7-8-17(14)15;1-9(2)10(3,4)16-13(15-9)14-17-11(5,6)12(7,8)18-14;1-14-5-6(4-11-14)12-8-10-3-2-7(9)13-8/h8-10,12,14,16,18-19H,11,13,15,17H2,1-7H3,(H,32,34,35);7-8,11,14H,9-10,12-13H2,1-6H3;1-8H3;2-5H,1H3,(H,10,12,13). The SMILES string of the molecule is CC(C)(C)OC(=O)N1CCC(CC(=O)c2noc(C(C)(C)C)n2)c2ccc(Br)cc2C1.CC1(C)OB(B2OC(C)(C)C(C)(C)O2)OC1(C)C.Cn1cc(Nc2nccc(-c3ccc4c(c3)CN(C(=O)OC(C)(C)C)CCC4CC(=O)c3noc(C(C)(C)C)n3)n2)cn1.Cn1cc(Nc2nccc(Cl)n2)cn1. The summed E-state index contributed by atoms with van der Waals surface area (Å²) in [6.45, 7) is 40.7. The lowest BCUT2D eigenvalue weighted by molar-refractivity contribution is 0.00578. The largest absolute Gasteiger partial charge is 0.488 e. The van der Waals surface area contributed by atoms with Crippen LogP contribution >= 0.6 is 27.5 Å². The summed E-state index contributed by atoms with van der Waals surface area (Å²) in [6, 6.07) is 15.5. The molecule has 2 atom stereocenters. The summed E-state index contributed by atoms with van der Waals surface area (Å²) in [5.74, 6) is 1.36. The molecule has 8 aromatic rings. The lowest BCUT2D eigenvalue weighted by Crippen LogP contribution is -2.41. The van der Waals surface area contributed by atoms with Crippen molar-refractivity contribution in [3.05, 3.63) is 141 Å². The highest BCUT2D eigenvalue weighted by Gasteiger charge is 2.64. The molecule has 0 aliphatic carbocycles. The van der Waals surface area contributed by atoms with Crippen LogP contribution in [0, 0.1) is 0 Å². The Morgan fingerprint density at radius 3 is 1.36 bits per heavy atom. The molecular weight excluding hydrogens is 1440 g/mol. The fourth-order valence-electron chi connectivity index (χ4n) is 11.4. The zero-order valence-electron chi connectivity index (χ0n) is 65.0. The number of halogens is 2. The van der Waals surface area contributed by atoms with Gasteiger partial charge in [0.15, 0.2) is 0 Å². The van der Waals surface area contributed by atoms with Crippen LogP contribution in [-0.4, -0.2) is 154 Å². The van der Waals surface area contributed by atoms with Gasteiger partial charge in [0.05, 0.1) is 51.9 Å². The number of ether oxygens (including phenoxy) is 2. The van der Waals surface area contributed by atoms with E-state index in [1.165, 1.54) is 0 Å². The molecule has 28 nitrogen and oxygen atoms in total. The number of fused-ring (bicyclic) bond motifs is 2. The number of aromatic nitrogens is 12. The number of nitrogens with one attached hydrogen (secondary N) is 2. The molecule has 0 bridgehead atoms. The van der Waals surface area contributed by atoms with Crippen LogP contribution in [0.15, 0.2) is 99.2 Å². The summed E-state index contributed by atoms with van der Waals surface area (Å²) in [4.78, 5) is 81.3. The number of ketones is 2. The molecule has 6 aromatic heterocycles. The topological polar surface area (TPSA) is 319 Å². The number of Topliss-reactive ketones (excluding diaryl/α,β-unsaturated/α-hetero) is 2. The number of carbonyl (C=O) groups is 4. The Bertz CT molecular complexity index is 4350. The summed E-state index contributed by atoms with van der Waals surface area (Å²) in [5.41, 5.74) is 3.83. The zero-order valence-corrected chi connectivity index (χ0v) is 67.3. The summed E-state index contributed by atoms with van der Waals surface area (Å²) < 4.78 is 50.1. The molecule has 2 unspecified atom stereocenters. The quantitative estimate of drug-likeness (QED) is 0.0652. The lowest BCUT2D eigenvalue weighted by Gasteiger charge is -2.32. The fourth-order valence-corrected chi connectivity index (χ4v) is 12.0. The average Bonchev–Trinajstić information content (AvgIpc) is 1.59. The summed E-state index contributed by atoms with van der Waals surface area (Å²) >= 11 is 9.22. The second-order valence-electron chi connectivity index (χ2n) is 32.9. The predicted molar refractivity (Wildman–Crippen MR) is 406 cm³/mol. The van der Waals surface area contributed by atoms with E-state index in [1.54, 1.807) is 50.0 Å². The number of aryl methyl sites for hydroxylation is 2. The highest BCUT2D eigenvalue weighted by Crippen LogP contribution is 2.44. The van der Waals surface area contributed by atoms with Crippen LogP contribution in [0.1, 0.15) is 231 Å². The van der Waals surface area contributed by atoms with Gasteiger partial charge in [-0.15, -0.1) is 0 Å². The van der Waals surface area contributed by atoms with Gasteiger partial charge in [-0.3, -0.25) is 19.0 Å². The van der Waals surface area contributed by atoms with Crippen molar-refractivity contribution in [2.75, 3.05) is 23.7 Å². The fraction of sp³-hybridized carbons (Fsp3) is 0.541. The van der Waals surface area contributed by atoms with E-state index < -0.39 is 31.3 Å². The van der Waals surface area contributed by atoms with E-state index in [0.717, 1.165) is 43.7 Å². The maximum Gasteiger partial charge on any atom is 0.488 e. The number of rotatable bonds is 12. The predicted octanol–water partition coefficient (Wildman–Crippen LogP) is 15.3. The van der Waals surface area contributed by atoms with Crippen LogP contribution in [0.3, 0.4) is 0 Å². The highest BCUT2D eigenvalue weighted by atomic mass is 79.9. The van der Waals surface area contributed by atoms with Crippen molar-refractivity contribution in [2.24, 2.45) is 14.1 Å². The first-order valence-electron chi connectivity index (χ1n) is 35.4. The minimum Gasteiger partial charge on any atom is -0.444 e. The van der Waals surface area contributed by atoms with Crippen molar-refractivity contribution in [1.29, 1.82) is 0 Å². The molecule has 12 rings (SSSR count). The first-order valence-corrected chi connectivity index (χ1v) is 36.5. The molecule has 0 saturated carbocycles. The molecule has 2 saturated heterocycles. The maximum absolute atomic E-state index is 13.3. The van der Waals surface area contributed by atoms with Gasteiger partial charge in [-0.2, -0.15) is 20.2 Å². The molecule has 10 heterocycles. The van der Waals surface area contributed by atoms with E-state index >= 15 is 0 Å². The van der Waals surface area contributed by atoms with E-state index in [2.05, 4.69) is 72.0 Å². The van der Waals surface area contributed by atoms with E-state index in [0.29, 0.717) is 73.5 Å². The Labute approximate surface area is 634 Å². The molecule has 2 amide bonds. The van der Waals surface area contributed by atoms with Crippen LogP contribution in [0.25, 0.3) is 11.3 Å². The Morgan fingerprint density at radius 2 is 0.972 bits per heavy atom. The second kappa shape index (κ2) is 32.1. The van der Waals surface area contributed by atoms with Crippen molar-refractivity contribution in [3.8, 4) is 11.3 Å². The Kier molecular flexibility index (Phi) is 24.7. The van der Waals surface area contributed by atoms with Gasteiger partial charge in [-0.05, 0) is 174 Å². The van der Waals surface area contributed by atoms with Gasteiger partial charge in [0.2, 0.25) is 46.9 Å². The number of nitrogens with zero attached hydrogens (tertiary/aromatic N) is 14. The number of amides is 2. The molecule has 4 aliphatic heterocycles. The van der Waals surface area contributed by atoms with Crippen LogP contribution in [0.5, 0.6) is 0 Å². The van der Waals surface area contributed by atoms with Gasteiger partial charge in [-0.1, -0.05) is 97.6 Å². The van der Waals surface area contributed by atoms with E-state index in [1.807, 2.05) is 207 Å². The number of carbonyl (C=O) groups excluding carboxylic acids is 4. The first kappa shape index (κ1) is 81.6. The van der Waals surface area contributed by atoms with E-state index in [9.17, 15) is 19.2 Å². The second-order valence-corrected chi connectivity index (χ2v) is 34.2. The molecular formula is C74H100B2BrClN16O12. The van der Waals surface area contributed by atoms with Gasteiger partial charge in [0.25, 0.3) is 0 Å². The molecule has 4 aliphatic rings. The first-order chi connectivity index (χ1) is 49.2. The molecule has 0 spiro atoms. The van der Waals surface area contributed by atoms with Crippen LogP contribution in [-0.2, 0) is 66.1 Å². The van der Waals surface area contributed by atoms with Crippen LogP contribution < -0.4 is 10.6 Å². The minimum atomic E-state index is -0.633. The number of hydrogen-bond acceptors (Lipinski definition) is 24. The highest BCUT2D eigenvalue weighted by molar-refractivity contribution is 9.10. The van der Waals surface area contributed by atoms with Gasteiger partial charge in [0, 0.05) is 98.8 Å². The Morgan fingerprint density at radius 1 is 0.566 bits per heavy atom. The number of anilines is 4. The molecule has 568 valence electrons. The van der Waals surface area contributed by atoms with Gasteiger partial charge in [-0.25, -0.2) is 29.5 Å². The molecule has 2 aromatic carbocycles. The van der Waals surface area contributed by atoms with Gasteiger partial charge in [0.1, 0.15) is 16.4 Å². The van der Waals surface area contributed by atoms with Gasteiger partial charge < -0.3 is 57.6 Å². The van der Waals surface area contributed by atoms with E-state index in [4.69, 9.17) is 53.7 Å². The normalized spacial score (nSPS) is 18.1. The monoisotopic (exact) mass is 1540 g/mol. The number of hydrogen-bond donors (Lipinski definition) is 2. The smallest absolute Gasteiger partial charge is 0.444 e. The van der Waals surface area contributed by atoms with Crippen molar-refractivity contribution in [3.63, 3.8) is 0 Å². The summed E-state index contributed by atoms with van der Waals surface area (Å²) in [7, 11) is 2.72. The minimum absolute atomic E-state index is 0.0559. The van der Waals surface area contributed by atoms with Crippen LogP contribution in [0.4, 0.5) is 32.9 Å². The molecule has 2 fully saturated rings. The van der Waals surface area contributed by atoms with E-state index in [-0.39, 0.29) is 87.2 Å². The third-order valence-electron chi connectivity index (χ3n) is 18.4.